The molecule has 0 atom stereocenters. The van der Waals surface area contributed by atoms with Crippen LogP contribution in [0, 0.1) is 6.92 Å². The van der Waals surface area contributed by atoms with Crippen LogP contribution in [-0.2, 0) is 0 Å². The van der Waals surface area contributed by atoms with Gasteiger partial charge in [-0.1, -0.05) is 33.1 Å². The lowest BCUT2D eigenvalue weighted by molar-refractivity contribution is 0.416. The number of fused-ring (bicyclic) bond motifs is 2. The molecule has 0 aromatic carbocycles. The summed E-state index contributed by atoms with van der Waals surface area (Å²) in [6.45, 7) is 6.90. The van der Waals surface area contributed by atoms with Crippen molar-refractivity contribution in [1.29, 1.82) is 0 Å². The highest BCUT2D eigenvalue weighted by molar-refractivity contribution is 7.19. The molecule has 5 rings (SSSR count). The molecule has 0 radical (unpaired) electrons. The van der Waals surface area contributed by atoms with E-state index in [-0.39, 0.29) is 0 Å². The van der Waals surface area contributed by atoms with E-state index in [0.29, 0.717) is 5.92 Å². The smallest absolute Gasteiger partial charge is 0.197 e. The summed E-state index contributed by atoms with van der Waals surface area (Å²) in [5.74, 6) is 1.90. The molecule has 0 amide bonds. The van der Waals surface area contributed by atoms with Gasteiger partial charge in [0.25, 0.3) is 0 Å². The Kier molecular flexibility index (Phi) is 4.62. The molecule has 0 bridgehead atoms. The van der Waals surface area contributed by atoms with Crippen molar-refractivity contribution in [2.24, 2.45) is 0 Å². The standard InChI is InChI=1S/C23H28N4OS/c1-13(2)18-19-14(3)21(15-8-6-5-7-9-15)29-23(19)26-20(18)16-10-17(28-4)22-24-12-25-27(22)11-16/h10-13,15,26H,5-9H2,1-4H3. The second kappa shape index (κ2) is 7.17. The summed E-state index contributed by atoms with van der Waals surface area (Å²) in [4.78, 5) is 11.0. The Morgan fingerprint density at radius 2 is 2.03 bits per heavy atom. The van der Waals surface area contributed by atoms with E-state index in [9.17, 15) is 0 Å². The summed E-state index contributed by atoms with van der Waals surface area (Å²) in [5.41, 5.74) is 5.89. The molecule has 6 heteroatoms. The number of rotatable bonds is 4. The molecule has 0 aliphatic heterocycles. The van der Waals surface area contributed by atoms with Gasteiger partial charge in [-0.05, 0) is 48.8 Å². The van der Waals surface area contributed by atoms with Crippen LogP contribution in [0.15, 0.2) is 18.6 Å². The number of methoxy groups -OCH3 is 1. The van der Waals surface area contributed by atoms with Crippen LogP contribution in [0.5, 0.6) is 5.75 Å². The Morgan fingerprint density at radius 3 is 2.76 bits per heavy atom. The monoisotopic (exact) mass is 408 g/mol. The second-order valence-corrected chi connectivity index (χ2v) is 9.58. The molecule has 152 valence electrons. The number of ether oxygens (including phenoxy) is 1. The Labute approximate surface area is 175 Å². The lowest BCUT2D eigenvalue weighted by Crippen LogP contribution is -2.04. The third-order valence-corrected chi connectivity index (χ3v) is 7.73. The minimum absolute atomic E-state index is 0.420. The highest BCUT2D eigenvalue weighted by Gasteiger charge is 2.26. The van der Waals surface area contributed by atoms with Gasteiger partial charge in [0, 0.05) is 22.0 Å². The number of H-pyrrole nitrogens is 1. The van der Waals surface area contributed by atoms with Gasteiger partial charge in [0.05, 0.1) is 12.8 Å². The van der Waals surface area contributed by atoms with Gasteiger partial charge < -0.3 is 9.72 Å². The highest BCUT2D eigenvalue weighted by Crippen LogP contribution is 2.47. The first-order valence-electron chi connectivity index (χ1n) is 10.6. The Hall–Kier alpha value is -2.34. The lowest BCUT2D eigenvalue weighted by atomic mass is 9.86. The van der Waals surface area contributed by atoms with Gasteiger partial charge in [-0.2, -0.15) is 5.10 Å². The molecule has 4 aromatic heterocycles. The summed E-state index contributed by atoms with van der Waals surface area (Å²) < 4.78 is 7.39. The van der Waals surface area contributed by atoms with E-state index in [1.54, 1.807) is 22.8 Å². The number of thiophene rings is 1. The van der Waals surface area contributed by atoms with Crippen molar-refractivity contribution in [3.8, 4) is 17.0 Å². The molecular formula is C23H28N4OS. The molecule has 5 nitrogen and oxygen atoms in total. The quantitative estimate of drug-likeness (QED) is 0.423. The van der Waals surface area contributed by atoms with E-state index in [1.165, 1.54) is 59.1 Å². The van der Waals surface area contributed by atoms with Crippen molar-refractivity contribution in [2.75, 3.05) is 7.11 Å². The minimum Gasteiger partial charge on any atom is -0.493 e. The molecule has 1 N–H and O–H groups in total. The van der Waals surface area contributed by atoms with Crippen LogP contribution >= 0.6 is 11.3 Å². The fourth-order valence-corrected chi connectivity index (χ4v) is 6.39. The van der Waals surface area contributed by atoms with Crippen LogP contribution in [0.25, 0.3) is 27.1 Å². The van der Waals surface area contributed by atoms with Crippen LogP contribution in [0.1, 0.15) is 73.8 Å². The van der Waals surface area contributed by atoms with Crippen molar-refractivity contribution >= 4 is 27.2 Å². The van der Waals surface area contributed by atoms with Gasteiger partial charge in [-0.3, -0.25) is 0 Å². The molecule has 1 fully saturated rings. The molecule has 1 aliphatic carbocycles. The number of aromatic amines is 1. The zero-order chi connectivity index (χ0) is 20.1. The minimum atomic E-state index is 0.420. The maximum Gasteiger partial charge on any atom is 0.197 e. The van der Waals surface area contributed by atoms with Crippen LogP contribution in [0.2, 0.25) is 0 Å². The third-order valence-electron chi connectivity index (χ3n) is 6.36. The van der Waals surface area contributed by atoms with Crippen LogP contribution < -0.4 is 4.74 Å². The highest BCUT2D eigenvalue weighted by atomic mass is 32.1. The fraction of sp³-hybridized carbons (Fsp3) is 0.478. The van der Waals surface area contributed by atoms with Crippen molar-refractivity contribution in [3.05, 3.63) is 34.6 Å². The second-order valence-electron chi connectivity index (χ2n) is 8.52. The molecule has 0 spiro atoms. The zero-order valence-corrected chi connectivity index (χ0v) is 18.4. The average molecular weight is 409 g/mol. The first kappa shape index (κ1) is 18.7. The fourth-order valence-electron chi connectivity index (χ4n) is 4.99. The Bertz CT molecular complexity index is 1180. The van der Waals surface area contributed by atoms with Gasteiger partial charge in [0.1, 0.15) is 11.2 Å². The number of hydrogen-bond acceptors (Lipinski definition) is 4. The maximum absolute atomic E-state index is 5.59. The van der Waals surface area contributed by atoms with Gasteiger partial charge in [0.15, 0.2) is 11.4 Å². The van der Waals surface area contributed by atoms with Crippen molar-refractivity contribution < 1.29 is 4.74 Å². The predicted octanol–water partition coefficient (Wildman–Crippen LogP) is 6.43. The van der Waals surface area contributed by atoms with Crippen molar-refractivity contribution in [1.82, 2.24) is 19.6 Å². The van der Waals surface area contributed by atoms with Gasteiger partial charge in [-0.15, -0.1) is 11.3 Å². The molecule has 4 heterocycles. The van der Waals surface area contributed by atoms with Crippen LogP contribution in [-0.4, -0.2) is 26.7 Å². The summed E-state index contributed by atoms with van der Waals surface area (Å²) in [6.07, 6.45) is 10.4. The maximum atomic E-state index is 5.59. The first-order chi connectivity index (χ1) is 14.1. The largest absolute Gasteiger partial charge is 0.493 e. The van der Waals surface area contributed by atoms with E-state index in [4.69, 9.17) is 4.74 Å². The van der Waals surface area contributed by atoms with E-state index in [2.05, 4.69) is 41.9 Å². The number of hydrogen-bond donors (Lipinski definition) is 1. The molecular weight excluding hydrogens is 380 g/mol. The third kappa shape index (κ3) is 2.96. The van der Waals surface area contributed by atoms with E-state index >= 15 is 0 Å². The van der Waals surface area contributed by atoms with Gasteiger partial charge in [0.2, 0.25) is 0 Å². The summed E-state index contributed by atoms with van der Waals surface area (Å²) in [7, 11) is 1.69. The van der Waals surface area contributed by atoms with Crippen LogP contribution in [0.4, 0.5) is 0 Å². The van der Waals surface area contributed by atoms with Crippen LogP contribution in [0.3, 0.4) is 0 Å². The van der Waals surface area contributed by atoms with Crippen molar-refractivity contribution in [2.45, 2.75) is 64.7 Å². The lowest BCUT2D eigenvalue weighted by Gasteiger charge is -2.21. The average Bonchev–Trinajstić information content (AvgIpc) is 3.42. The summed E-state index contributed by atoms with van der Waals surface area (Å²) in [6, 6.07) is 2.07. The van der Waals surface area contributed by atoms with Crippen molar-refractivity contribution in [3.63, 3.8) is 0 Å². The SMILES string of the molecule is COc1cc(-c2[nH]c3sc(C4CCCCC4)c(C)c3c2C(C)C)cn2ncnc12. The van der Waals surface area contributed by atoms with E-state index in [0.717, 1.165) is 22.9 Å². The summed E-state index contributed by atoms with van der Waals surface area (Å²) in [5, 5.41) is 5.77. The molecule has 1 aliphatic rings. The molecule has 0 saturated heterocycles. The number of aromatic nitrogens is 4. The number of pyridine rings is 1. The predicted molar refractivity (Wildman–Crippen MR) is 119 cm³/mol. The van der Waals surface area contributed by atoms with Gasteiger partial charge in [-0.25, -0.2) is 9.50 Å². The van der Waals surface area contributed by atoms with Gasteiger partial charge >= 0.3 is 0 Å². The molecule has 29 heavy (non-hydrogen) atoms. The number of nitrogens with one attached hydrogen (secondary N) is 1. The number of nitrogens with zero attached hydrogens (tertiary/aromatic N) is 3. The Balaban J connectivity index is 1.70. The molecule has 1 saturated carbocycles. The number of aryl methyl sites for hydroxylation is 1. The zero-order valence-electron chi connectivity index (χ0n) is 17.6. The van der Waals surface area contributed by atoms with E-state index in [1.807, 2.05) is 17.5 Å². The molecule has 4 aromatic rings. The first-order valence-corrected chi connectivity index (χ1v) is 11.4. The topological polar surface area (TPSA) is 55.2 Å². The normalized spacial score (nSPS) is 15.8. The Morgan fingerprint density at radius 1 is 1.24 bits per heavy atom. The molecule has 0 unspecified atom stereocenters. The summed E-state index contributed by atoms with van der Waals surface area (Å²) >= 11 is 1.97. The van der Waals surface area contributed by atoms with E-state index < -0.39 is 0 Å².